The van der Waals surface area contributed by atoms with Crippen molar-refractivity contribution in [1.29, 1.82) is 0 Å². The van der Waals surface area contributed by atoms with E-state index >= 15 is 0 Å². The first-order valence-electron chi connectivity index (χ1n) is 6.58. The van der Waals surface area contributed by atoms with Gasteiger partial charge in [0.15, 0.2) is 11.6 Å². The van der Waals surface area contributed by atoms with Gasteiger partial charge in [-0.25, -0.2) is 9.37 Å². The molecule has 0 amide bonds. The molecule has 5 N–H and O–H groups in total. The van der Waals surface area contributed by atoms with E-state index in [9.17, 15) is 9.50 Å². The fourth-order valence-electron chi connectivity index (χ4n) is 2.22. The number of aliphatic hydroxyl groups is 2. The summed E-state index contributed by atoms with van der Waals surface area (Å²) in [5.41, 5.74) is 6.70. The van der Waals surface area contributed by atoms with Gasteiger partial charge >= 0.3 is 0 Å². The van der Waals surface area contributed by atoms with E-state index in [1.165, 1.54) is 24.5 Å². The van der Waals surface area contributed by atoms with Crippen molar-refractivity contribution in [3.8, 4) is 11.5 Å². The number of pyridine rings is 1. The third-order valence-corrected chi connectivity index (χ3v) is 3.27. The van der Waals surface area contributed by atoms with Crippen LogP contribution in [0.25, 0.3) is 11.0 Å². The number of nitrogen functional groups attached to an aromatic ring is 1. The Balaban J connectivity index is 2.08. The second kappa shape index (κ2) is 5.63. The highest BCUT2D eigenvalue weighted by Crippen LogP contribution is 2.35. The van der Waals surface area contributed by atoms with Gasteiger partial charge < -0.3 is 25.7 Å². The predicted molar refractivity (Wildman–Crippen MR) is 79.0 cm³/mol. The highest BCUT2D eigenvalue weighted by Gasteiger charge is 2.18. The number of ether oxygens (including phenoxy) is 1. The average molecular weight is 303 g/mol. The summed E-state index contributed by atoms with van der Waals surface area (Å²) in [5, 5.41) is 19.5. The molecule has 0 spiro atoms. The Kier molecular flexibility index (Phi) is 3.66. The minimum absolute atomic E-state index is 0.00679. The summed E-state index contributed by atoms with van der Waals surface area (Å²) >= 11 is 0. The molecule has 2 heterocycles. The van der Waals surface area contributed by atoms with E-state index in [2.05, 4.69) is 9.97 Å². The Morgan fingerprint density at radius 3 is 2.86 bits per heavy atom. The van der Waals surface area contributed by atoms with Gasteiger partial charge in [-0.05, 0) is 18.2 Å². The third kappa shape index (κ3) is 2.47. The van der Waals surface area contributed by atoms with Crippen molar-refractivity contribution >= 4 is 16.7 Å². The number of H-pyrrole nitrogens is 1. The fourth-order valence-corrected chi connectivity index (χ4v) is 2.22. The van der Waals surface area contributed by atoms with Crippen LogP contribution in [0, 0.1) is 5.82 Å². The lowest BCUT2D eigenvalue weighted by atomic mass is 10.1. The van der Waals surface area contributed by atoms with E-state index in [0.29, 0.717) is 28.0 Å². The molecule has 3 aromatic rings. The Morgan fingerprint density at radius 1 is 1.32 bits per heavy atom. The zero-order chi connectivity index (χ0) is 15.7. The lowest BCUT2D eigenvalue weighted by molar-refractivity contribution is 0.0966. The van der Waals surface area contributed by atoms with Crippen molar-refractivity contribution < 1.29 is 19.3 Å². The van der Waals surface area contributed by atoms with Crippen LogP contribution in [-0.4, -0.2) is 26.8 Å². The van der Waals surface area contributed by atoms with Gasteiger partial charge in [-0.3, -0.25) is 0 Å². The molecule has 22 heavy (non-hydrogen) atoms. The molecule has 1 atom stereocenters. The number of aromatic amines is 1. The molecule has 0 aliphatic heterocycles. The number of nitrogens with one attached hydrogen (secondary N) is 1. The molecule has 0 aliphatic rings. The van der Waals surface area contributed by atoms with E-state index in [0.717, 1.165) is 6.07 Å². The molecule has 2 aromatic heterocycles. The first-order valence-corrected chi connectivity index (χ1v) is 6.58. The topological polar surface area (TPSA) is 104 Å². The number of hydrogen-bond donors (Lipinski definition) is 4. The molecular weight excluding hydrogens is 289 g/mol. The summed E-state index contributed by atoms with van der Waals surface area (Å²) in [6, 6.07) is 5.66. The van der Waals surface area contributed by atoms with Crippen molar-refractivity contribution in [2.75, 3.05) is 12.3 Å². The van der Waals surface area contributed by atoms with Crippen molar-refractivity contribution in [1.82, 2.24) is 9.97 Å². The molecule has 1 aromatic carbocycles. The number of anilines is 1. The number of nitrogens with zero attached hydrogens (tertiary/aromatic N) is 1. The minimum Gasteiger partial charge on any atom is -0.453 e. The predicted octanol–water partition coefficient (Wildman–Crippen LogP) is 2.10. The maximum atomic E-state index is 13.9. The normalized spacial score (nSPS) is 12.5. The molecule has 114 valence electrons. The van der Waals surface area contributed by atoms with Gasteiger partial charge in [0, 0.05) is 29.7 Å². The quantitative estimate of drug-likeness (QED) is 0.553. The van der Waals surface area contributed by atoms with Crippen molar-refractivity contribution in [2.45, 2.75) is 6.10 Å². The first kappa shape index (κ1) is 14.3. The van der Waals surface area contributed by atoms with E-state index in [1.807, 2.05) is 0 Å². The standard InChI is InChI=1S/C15H14FN3O3/c16-10-5-8(17)1-2-12(10)22-13-3-4-18-15-14(13)9(6-19-15)11(21)7-20/h1-6,11,20-21H,7,17H2,(H,18,19). The number of halogens is 1. The van der Waals surface area contributed by atoms with Gasteiger partial charge in [-0.15, -0.1) is 0 Å². The zero-order valence-corrected chi connectivity index (χ0v) is 11.5. The number of aliphatic hydroxyl groups excluding tert-OH is 2. The van der Waals surface area contributed by atoms with Crippen LogP contribution < -0.4 is 10.5 Å². The third-order valence-electron chi connectivity index (χ3n) is 3.27. The van der Waals surface area contributed by atoms with E-state index in [-0.39, 0.29) is 5.75 Å². The summed E-state index contributed by atoms with van der Waals surface area (Å²) in [6.07, 6.45) is 1.94. The highest BCUT2D eigenvalue weighted by atomic mass is 19.1. The van der Waals surface area contributed by atoms with Crippen LogP contribution >= 0.6 is 0 Å². The Bertz CT molecular complexity index is 819. The molecule has 0 radical (unpaired) electrons. The molecule has 0 saturated heterocycles. The Hall–Kier alpha value is -2.64. The van der Waals surface area contributed by atoms with Crippen molar-refractivity contribution in [2.24, 2.45) is 0 Å². The molecule has 7 heteroatoms. The fraction of sp³-hybridized carbons (Fsp3) is 0.133. The lowest BCUT2D eigenvalue weighted by Crippen LogP contribution is -2.02. The van der Waals surface area contributed by atoms with Crippen molar-refractivity contribution in [3.05, 3.63) is 48.0 Å². The first-order chi connectivity index (χ1) is 10.6. The van der Waals surface area contributed by atoms with Crippen LogP contribution in [0.5, 0.6) is 11.5 Å². The van der Waals surface area contributed by atoms with E-state index < -0.39 is 18.5 Å². The van der Waals surface area contributed by atoms with Crippen molar-refractivity contribution in [3.63, 3.8) is 0 Å². The van der Waals surface area contributed by atoms with Crippen LogP contribution in [0.4, 0.5) is 10.1 Å². The monoisotopic (exact) mass is 303 g/mol. The van der Waals surface area contributed by atoms with Gasteiger partial charge in [0.1, 0.15) is 17.5 Å². The average Bonchev–Trinajstić information content (AvgIpc) is 2.94. The van der Waals surface area contributed by atoms with Gasteiger partial charge in [-0.2, -0.15) is 0 Å². The summed E-state index contributed by atoms with van der Waals surface area (Å²) in [7, 11) is 0. The number of rotatable bonds is 4. The molecule has 1 unspecified atom stereocenters. The molecular formula is C15H14FN3O3. The maximum absolute atomic E-state index is 13.9. The number of nitrogens with two attached hydrogens (primary N) is 1. The van der Waals surface area contributed by atoms with E-state index in [4.69, 9.17) is 15.6 Å². The second-order valence-electron chi connectivity index (χ2n) is 4.77. The second-order valence-corrected chi connectivity index (χ2v) is 4.77. The molecule has 0 aliphatic carbocycles. The molecule has 3 rings (SSSR count). The SMILES string of the molecule is Nc1ccc(Oc2ccnc3[nH]cc(C(O)CO)c23)c(F)c1. The largest absolute Gasteiger partial charge is 0.453 e. The Labute approximate surface area is 125 Å². The van der Waals surface area contributed by atoms with Gasteiger partial charge in [0.05, 0.1) is 12.0 Å². The molecule has 6 nitrogen and oxygen atoms in total. The van der Waals surface area contributed by atoms with E-state index in [1.54, 1.807) is 6.07 Å². The lowest BCUT2D eigenvalue weighted by Gasteiger charge is -2.11. The van der Waals surface area contributed by atoms with Crippen LogP contribution in [0.1, 0.15) is 11.7 Å². The summed E-state index contributed by atoms with van der Waals surface area (Å²) < 4.78 is 19.5. The van der Waals surface area contributed by atoms with Crippen LogP contribution in [0.3, 0.4) is 0 Å². The highest BCUT2D eigenvalue weighted by molar-refractivity contribution is 5.87. The zero-order valence-electron chi connectivity index (χ0n) is 11.5. The number of benzene rings is 1. The van der Waals surface area contributed by atoms with Gasteiger partial charge in [-0.1, -0.05) is 0 Å². The molecule has 0 fully saturated rings. The smallest absolute Gasteiger partial charge is 0.167 e. The van der Waals surface area contributed by atoms with Crippen LogP contribution in [0.15, 0.2) is 36.7 Å². The van der Waals surface area contributed by atoms with Crippen LogP contribution in [0.2, 0.25) is 0 Å². The number of fused-ring (bicyclic) bond motifs is 1. The number of hydrogen-bond acceptors (Lipinski definition) is 5. The molecule has 0 bridgehead atoms. The minimum atomic E-state index is -1.09. The van der Waals surface area contributed by atoms with Crippen LogP contribution in [-0.2, 0) is 0 Å². The van der Waals surface area contributed by atoms with Gasteiger partial charge in [0.25, 0.3) is 0 Å². The summed E-state index contributed by atoms with van der Waals surface area (Å²) in [5.74, 6) is -0.269. The summed E-state index contributed by atoms with van der Waals surface area (Å²) in [4.78, 5) is 6.99. The Morgan fingerprint density at radius 2 is 2.14 bits per heavy atom. The maximum Gasteiger partial charge on any atom is 0.167 e. The number of aromatic nitrogens is 2. The molecule has 0 saturated carbocycles. The van der Waals surface area contributed by atoms with Gasteiger partial charge in [0.2, 0.25) is 0 Å². The summed E-state index contributed by atoms with van der Waals surface area (Å²) in [6.45, 7) is -0.447.